The minimum atomic E-state index is -0.250. The van der Waals surface area contributed by atoms with Gasteiger partial charge in [0, 0.05) is 30.9 Å². The van der Waals surface area contributed by atoms with Crippen LogP contribution in [-0.4, -0.2) is 28.0 Å². The molecular weight excluding hydrogens is 291 g/mol. The Labute approximate surface area is 134 Å². The van der Waals surface area contributed by atoms with Crippen molar-refractivity contribution in [2.75, 3.05) is 18.0 Å². The molecule has 0 radical (unpaired) electrons. The first-order valence-electron chi connectivity index (χ1n) is 7.86. The summed E-state index contributed by atoms with van der Waals surface area (Å²) < 4.78 is 13.6. The summed E-state index contributed by atoms with van der Waals surface area (Å²) in [5.74, 6) is 1.14. The van der Waals surface area contributed by atoms with Crippen LogP contribution >= 0.6 is 0 Å². The van der Waals surface area contributed by atoms with Crippen LogP contribution in [0, 0.1) is 5.82 Å². The molecule has 3 aromatic rings. The van der Waals surface area contributed by atoms with Gasteiger partial charge in [-0.15, -0.1) is 0 Å². The fourth-order valence-corrected chi connectivity index (χ4v) is 3.33. The molecule has 0 unspecified atom stereocenters. The van der Waals surface area contributed by atoms with Crippen molar-refractivity contribution in [1.82, 2.24) is 15.0 Å². The van der Waals surface area contributed by atoms with Crippen LogP contribution in [0.4, 0.5) is 10.2 Å². The number of rotatable bonds is 2. The largest absolute Gasteiger partial charge is 0.356 e. The number of hydrogen-bond donors (Lipinski definition) is 0. The number of benzene rings is 1. The molecule has 2 aromatic heterocycles. The lowest BCUT2D eigenvalue weighted by molar-refractivity contribution is 0.503. The van der Waals surface area contributed by atoms with Crippen LogP contribution in [0.1, 0.15) is 24.3 Å². The highest BCUT2D eigenvalue weighted by Crippen LogP contribution is 2.32. The van der Waals surface area contributed by atoms with Crippen LogP contribution in [0.15, 0.2) is 49.1 Å². The van der Waals surface area contributed by atoms with Gasteiger partial charge in [0.2, 0.25) is 0 Å². The zero-order valence-electron chi connectivity index (χ0n) is 12.7. The van der Waals surface area contributed by atoms with Gasteiger partial charge in [0.15, 0.2) is 0 Å². The van der Waals surface area contributed by atoms with Crippen molar-refractivity contribution >= 4 is 16.7 Å². The molecule has 0 N–H and O–H groups in total. The Balaban J connectivity index is 1.58. The molecule has 0 bridgehead atoms. The van der Waals surface area contributed by atoms with E-state index >= 15 is 0 Å². The van der Waals surface area contributed by atoms with E-state index in [4.69, 9.17) is 0 Å². The van der Waals surface area contributed by atoms with E-state index in [1.54, 1.807) is 12.4 Å². The normalized spacial score (nSPS) is 16.0. The molecule has 0 amide bonds. The first-order valence-corrected chi connectivity index (χ1v) is 7.86. The number of fused-ring (bicyclic) bond motifs is 1. The predicted molar refractivity (Wildman–Crippen MR) is 87.9 cm³/mol. The third-order valence-electron chi connectivity index (χ3n) is 4.55. The second-order valence-corrected chi connectivity index (χ2v) is 5.90. The maximum Gasteiger partial charge on any atom is 0.139 e. The average molecular weight is 308 g/mol. The molecule has 5 heteroatoms. The van der Waals surface area contributed by atoms with Gasteiger partial charge in [-0.2, -0.15) is 0 Å². The van der Waals surface area contributed by atoms with Gasteiger partial charge in [-0.05, 0) is 54.7 Å². The van der Waals surface area contributed by atoms with Crippen LogP contribution < -0.4 is 4.90 Å². The molecule has 1 aromatic carbocycles. The summed E-state index contributed by atoms with van der Waals surface area (Å²) >= 11 is 0. The molecule has 4 rings (SSSR count). The van der Waals surface area contributed by atoms with E-state index in [0.717, 1.165) is 42.7 Å². The highest BCUT2D eigenvalue weighted by molar-refractivity contribution is 5.89. The molecule has 0 spiro atoms. The molecule has 4 nitrogen and oxygen atoms in total. The van der Waals surface area contributed by atoms with Crippen molar-refractivity contribution < 1.29 is 4.39 Å². The molecule has 3 heterocycles. The molecule has 0 saturated carbocycles. The SMILES string of the molecule is Fc1ccc2ncnc(N3CCC(c4ccncc4)CC3)c2c1. The summed E-state index contributed by atoms with van der Waals surface area (Å²) in [5, 5.41) is 0.787. The van der Waals surface area contributed by atoms with Gasteiger partial charge in [-0.3, -0.25) is 4.98 Å². The van der Waals surface area contributed by atoms with Crippen molar-refractivity contribution in [2.45, 2.75) is 18.8 Å². The summed E-state index contributed by atoms with van der Waals surface area (Å²) in [5.41, 5.74) is 2.13. The summed E-state index contributed by atoms with van der Waals surface area (Å²) in [6, 6.07) is 8.86. The average Bonchev–Trinajstić information content (AvgIpc) is 2.62. The molecule has 1 aliphatic rings. The van der Waals surface area contributed by atoms with E-state index in [9.17, 15) is 4.39 Å². The molecular formula is C18H17FN4. The van der Waals surface area contributed by atoms with Crippen molar-refractivity contribution in [2.24, 2.45) is 0 Å². The molecule has 0 aliphatic carbocycles. The minimum Gasteiger partial charge on any atom is -0.356 e. The first kappa shape index (κ1) is 14.1. The van der Waals surface area contributed by atoms with E-state index in [2.05, 4.69) is 32.0 Å². The van der Waals surface area contributed by atoms with Crippen LogP contribution in [0.25, 0.3) is 10.9 Å². The van der Waals surface area contributed by atoms with Gasteiger partial charge in [-0.1, -0.05) is 0 Å². The topological polar surface area (TPSA) is 41.9 Å². The second-order valence-electron chi connectivity index (χ2n) is 5.90. The first-order chi connectivity index (χ1) is 11.3. The lowest BCUT2D eigenvalue weighted by atomic mass is 9.90. The summed E-state index contributed by atoms with van der Waals surface area (Å²) in [6.07, 6.45) is 7.38. The maximum atomic E-state index is 13.6. The summed E-state index contributed by atoms with van der Waals surface area (Å²) in [7, 11) is 0. The third-order valence-corrected chi connectivity index (χ3v) is 4.55. The number of pyridine rings is 1. The lowest BCUT2D eigenvalue weighted by Crippen LogP contribution is -2.33. The van der Waals surface area contributed by atoms with E-state index in [0.29, 0.717) is 5.92 Å². The van der Waals surface area contributed by atoms with Crippen LogP contribution in [0.2, 0.25) is 0 Å². The number of aromatic nitrogens is 3. The zero-order valence-corrected chi connectivity index (χ0v) is 12.7. The summed E-state index contributed by atoms with van der Waals surface area (Å²) in [4.78, 5) is 15.0. The van der Waals surface area contributed by atoms with E-state index in [1.807, 2.05) is 12.4 Å². The Morgan fingerprint density at radius 2 is 1.78 bits per heavy atom. The van der Waals surface area contributed by atoms with Gasteiger partial charge in [0.05, 0.1) is 5.52 Å². The molecule has 0 atom stereocenters. The zero-order chi connectivity index (χ0) is 15.6. The molecule has 1 aliphatic heterocycles. The van der Waals surface area contributed by atoms with Crippen molar-refractivity contribution in [3.8, 4) is 0 Å². The van der Waals surface area contributed by atoms with Crippen LogP contribution in [-0.2, 0) is 0 Å². The Kier molecular flexibility index (Phi) is 3.61. The molecule has 116 valence electrons. The van der Waals surface area contributed by atoms with Gasteiger partial charge in [0.1, 0.15) is 18.0 Å². The highest BCUT2D eigenvalue weighted by atomic mass is 19.1. The Morgan fingerprint density at radius 3 is 2.57 bits per heavy atom. The number of nitrogens with zero attached hydrogens (tertiary/aromatic N) is 4. The van der Waals surface area contributed by atoms with Crippen molar-refractivity contribution in [3.05, 3.63) is 60.4 Å². The maximum absolute atomic E-state index is 13.6. The quantitative estimate of drug-likeness (QED) is 0.726. The lowest BCUT2D eigenvalue weighted by Gasteiger charge is -2.33. The molecule has 1 fully saturated rings. The van der Waals surface area contributed by atoms with E-state index < -0.39 is 0 Å². The number of piperidine rings is 1. The fourth-order valence-electron chi connectivity index (χ4n) is 3.33. The van der Waals surface area contributed by atoms with E-state index in [-0.39, 0.29) is 5.82 Å². The minimum absolute atomic E-state index is 0.250. The van der Waals surface area contributed by atoms with Crippen molar-refractivity contribution in [1.29, 1.82) is 0 Å². The summed E-state index contributed by atoms with van der Waals surface area (Å²) in [6.45, 7) is 1.82. The van der Waals surface area contributed by atoms with Crippen LogP contribution in [0.5, 0.6) is 0 Å². The second kappa shape index (κ2) is 5.91. The predicted octanol–water partition coefficient (Wildman–Crippen LogP) is 3.55. The smallest absolute Gasteiger partial charge is 0.139 e. The Bertz CT molecular complexity index is 814. The highest BCUT2D eigenvalue weighted by Gasteiger charge is 2.22. The van der Waals surface area contributed by atoms with Gasteiger partial charge < -0.3 is 4.90 Å². The Hall–Kier alpha value is -2.56. The van der Waals surface area contributed by atoms with Crippen molar-refractivity contribution in [3.63, 3.8) is 0 Å². The van der Waals surface area contributed by atoms with Gasteiger partial charge in [-0.25, -0.2) is 14.4 Å². The van der Waals surface area contributed by atoms with Gasteiger partial charge in [0.25, 0.3) is 0 Å². The monoisotopic (exact) mass is 308 g/mol. The molecule has 1 saturated heterocycles. The van der Waals surface area contributed by atoms with Gasteiger partial charge >= 0.3 is 0 Å². The fraction of sp³-hybridized carbons (Fsp3) is 0.278. The Morgan fingerprint density at radius 1 is 1.00 bits per heavy atom. The standard InChI is InChI=1S/C18H17FN4/c19-15-1-2-17-16(11-15)18(22-12-21-17)23-9-5-14(6-10-23)13-3-7-20-8-4-13/h1-4,7-8,11-12,14H,5-6,9-10H2. The number of hydrogen-bond acceptors (Lipinski definition) is 4. The van der Waals surface area contributed by atoms with E-state index in [1.165, 1.54) is 17.7 Å². The van der Waals surface area contributed by atoms with Crippen LogP contribution in [0.3, 0.4) is 0 Å². The number of anilines is 1. The third kappa shape index (κ3) is 2.74. The number of halogens is 1. The molecule has 23 heavy (non-hydrogen) atoms.